The zero-order valence-electron chi connectivity index (χ0n) is 10.5. The first-order valence-electron chi connectivity index (χ1n) is 6.66. The van der Waals surface area contributed by atoms with Crippen molar-refractivity contribution in [2.45, 2.75) is 57.5 Å². The first-order valence-corrected chi connectivity index (χ1v) is 6.66. The van der Waals surface area contributed by atoms with Gasteiger partial charge in [-0.2, -0.15) is 0 Å². The van der Waals surface area contributed by atoms with Crippen LogP contribution in [-0.2, 0) is 4.79 Å². The smallest absolute Gasteiger partial charge is 0.236 e. The standard InChI is InChI=1S/C13H24N2O/c1-10-4-3-5-12(8-10)15(2)13(16)9-14-11-6-7-11/h10-12,14H,3-9H2,1-2H3. The molecule has 2 unspecified atom stereocenters. The summed E-state index contributed by atoms with van der Waals surface area (Å²) in [6.45, 7) is 2.83. The number of rotatable bonds is 4. The molecule has 1 amide bonds. The summed E-state index contributed by atoms with van der Waals surface area (Å²) < 4.78 is 0. The van der Waals surface area contributed by atoms with Crippen LogP contribution in [0.4, 0.5) is 0 Å². The minimum atomic E-state index is 0.269. The molecular weight excluding hydrogens is 200 g/mol. The first-order chi connectivity index (χ1) is 7.66. The molecule has 92 valence electrons. The van der Waals surface area contributed by atoms with Crippen molar-refractivity contribution in [3.05, 3.63) is 0 Å². The molecule has 0 aromatic heterocycles. The van der Waals surface area contributed by atoms with Crippen LogP contribution in [0.5, 0.6) is 0 Å². The van der Waals surface area contributed by atoms with Crippen molar-refractivity contribution >= 4 is 5.91 Å². The van der Waals surface area contributed by atoms with Gasteiger partial charge in [-0.05, 0) is 31.6 Å². The molecule has 0 bridgehead atoms. The van der Waals surface area contributed by atoms with Gasteiger partial charge >= 0.3 is 0 Å². The molecule has 3 heteroatoms. The highest BCUT2D eigenvalue weighted by Crippen LogP contribution is 2.26. The molecule has 0 aromatic rings. The third kappa shape index (κ3) is 3.21. The molecule has 2 aliphatic rings. The maximum absolute atomic E-state index is 11.9. The molecule has 1 N–H and O–H groups in total. The Labute approximate surface area is 98.6 Å². The predicted molar refractivity (Wildman–Crippen MR) is 65.2 cm³/mol. The van der Waals surface area contributed by atoms with Gasteiger partial charge in [-0.1, -0.05) is 19.8 Å². The quantitative estimate of drug-likeness (QED) is 0.789. The normalized spacial score (nSPS) is 30.1. The van der Waals surface area contributed by atoms with Gasteiger partial charge in [0.15, 0.2) is 0 Å². The molecule has 2 saturated carbocycles. The number of nitrogens with zero attached hydrogens (tertiary/aromatic N) is 1. The molecule has 0 heterocycles. The fourth-order valence-corrected chi connectivity index (χ4v) is 2.60. The van der Waals surface area contributed by atoms with Crippen molar-refractivity contribution in [3.63, 3.8) is 0 Å². The van der Waals surface area contributed by atoms with Crippen LogP contribution in [0.15, 0.2) is 0 Å². The van der Waals surface area contributed by atoms with Gasteiger partial charge in [0.25, 0.3) is 0 Å². The van der Waals surface area contributed by atoms with Crippen molar-refractivity contribution in [3.8, 4) is 0 Å². The summed E-state index contributed by atoms with van der Waals surface area (Å²) in [5, 5.41) is 3.30. The summed E-state index contributed by atoms with van der Waals surface area (Å²) in [5.41, 5.74) is 0. The van der Waals surface area contributed by atoms with Crippen LogP contribution < -0.4 is 5.32 Å². The lowest BCUT2D eigenvalue weighted by molar-refractivity contribution is -0.131. The minimum absolute atomic E-state index is 0.269. The lowest BCUT2D eigenvalue weighted by Gasteiger charge is -2.34. The van der Waals surface area contributed by atoms with Gasteiger partial charge in [-0.3, -0.25) is 4.79 Å². The molecule has 0 spiro atoms. The molecule has 2 rings (SSSR count). The molecule has 3 nitrogen and oxygen atoms in total. The molecule has 2 fully saturated rings. The van der Waals surface area contributed by atoms with Gasteiger partial charge in [0.2, 0.25) is 5.91 Å². The van der Waals surface area contributed by atoms with E-state index in [-0.39, 0.29) is 5.91 Å². The zero-order valence-corrected chi connectivity index (χ0v) is 10.5. The Morgan fingerprint density at radius 2 is 2.06 bits per heavy atom. The highest BCUT2D eigenvalue weighted by molar-refractivity contribution is 5.78. The van der Waals surface area contributed by atoms with E-state index >= 15 is 0 Å². The fourth-order valence-electron chi connectivity index (χ4n) is 2.60. The van der Waals surface area contributed by atoms with Gasteiger partial charge in [-0.15, -0.1) is 0 Å². The number of likely N-dealkylation sites (N-methyl/N-ethyl adjacent to an activating group) is 1. The lowest BCUT2D eigenvalue weighted by atomic mass is 9.86. The van der Waals surface area contributed by atoms with Crippen molar-refractivity contribution in [1.29, 1.82) is 0 Å². The number of nitrogens with one attached hydrogen (secondary N) is 1. The molecule has 0 radical (unpaired) electrons. The molecule has 2 atom stereocenters. The molecule has 0 aliphatic heterocycles. The van der Waals surface area contributed by atoms with E-state index in [2.05, 4.69) is 12.2 Å². The summed E-state index contributed by atoms with van der Waals surface area (Å²) in [6.07, 6.45) is 7.48. The van der Waals surface area contributed by atoms with Gasteiger partial charge in [0.05, 0.1) is 6.54 Å². The molecule has 16 heavy (non-hydrogen) atoms. The van der Waals surface area contributed by atoms with Crippen molar-refractivity contribution in [1.82, 2.24) is 10.2 Å². The van der Waals surface area contributed by atoms with Crippen LogP contribution in [-0.4, -0.2) is 36.5 Å². The fraction of sp³-hybridized carbons (Fsp3) is 0.923. The highest BCUT2D eigenvalue weighted by Gasteiger charge is 2.27. The van der Waals surface area contributed by atoms with E-state index < -0.39 is 0 Å². The third-order valence-electron chi connectivity index (χ3n) is 3.97. The van der Waals surface area contributed by atoms with Crippen LogP contribution in [0.1, 0.15) is 45.4 Å². The van der Waals surface area contributed by atoms with Crippen molar-refractivity contribution in [2.24, 2.45) is 5.92 Å². The second kappa shape index (κ2) is 5.17. The number of carbonyl (C=O) groups excluding carboxylic acids is 1. The Hall–Kier alpha value is -0.570. The minimum Gasteiger partial charge on any atom is -0.342 e. The summed E-state index contributed by atoms with van der Waals surface area (Å²) >= 11 is 0. The summed E-state index contributed by atoms with van der Waals surface area (Å²) in [7, 11) is 1.97. The van der Waals surface area contributed by atoms with Crippen LogP contribution in [0.3, 0.4) is 0 Å². The lowest BCUT2D eigenvalue weighted by Crippen LogP contribution is -2.44. The molecular formula is C13H24N2O. The van der Waals surface area contributed by atoms with Gasteiger partial charge < -0.3 is 10.2 Å². The van der Waals surface area contributed by atoms with E-state index in [1.54, 1.807) is 0 Å². The van der Waals surface area contributed by atoms with E-state index in [4.69, 9.17) is 0 Å². The number of hydrogen-bond acceptors (Lipinski definition) is 2. The van der Waals surface area contributed by atoms with E-state index in [9.17, 15) is 4.79 Å². The second-order valence-corrected chi connectivity index (χ2v) is 5.59. The average molecular weight is 224 g/mol. The average Bonchev–Trinajstić information content (AvgIpc) is 3.08. The van der Waals surface area contributed by atoms with E-state index in [1.807, 2.05) is 11.9 Å². The first kappa shape index (κ1) is 11.9. The Balaban J connectivity index is 1.75. The largest absolute Gasteiger partial charge is 0.342 e. The van der Waals surface area contributed by atoms with Crippen LogP contribution in [0.2, 0.25) is 0 Å². The van der Waals surface area contributed by atoms with E-state index in [0.717, 1.165) is 5.92 Å². The predicted octanol–water partition coefficient (Wildman–Crippen LogP) is 1.78. The highest BCUT2D eigenvalue weighted by atomic mass is 16.2. The molecule has 0 aromatic carbocycles. The second-order valence-electron chi connectivity index (χ2n) is 5.59. The topological polar surface area (TPSA) is 32.3 Å². The Kier molecular flexibility index (Phi) is 3.85. The number of hydrogen-bond donors (Lipinski definition) is 1. The summed E-state index contributed by atoms with van der Waals surface area (Å²) in [4.78, 5) is 13.9. The van der Waals surface area contributed by atoms with Gasteiger partial charge in [-0.25, -0.2) is 0 Å². The maximum atomic E-state index is 11.9. The monoisotopic (exact) mass is 224 g/mol. The van der Waals surface area contributed by atoms with Crippen LogP contribution in [0.25, 0.3) is 0 Å². The SMILES string of the molecule is CC1CCCC(N(C)C(=O)CNC2CC2)C1. The summed E-state index contributed by atoms with van der Waals surface area (Å²) in [5.74, 6) is 1.05. The Bertz CT molecular complexity index is 250. The van der Waals surface area contributed by atoms with E-state index in [1.165, 1.54) is 38.5 Å². The third-order valence-corrected chi connectivity index (χ3v) is 3.97. The Morgan fingerprint density at radius 1 is 1.31 bits per heavy atom. The van der Waals surface area contributed by atoms with Crippen LogP contribution in [0, 0.1) is 5.92 Å². The molecule has 0 saturated heterocycles. The van der Waals surface area contributed by atoms with Crippen molar-refractivity contribution in [2.75, 3.05) is 13.6 Å². The molecule has 2 aliphatic carbocycles. The van der Waals surface area contributed by atoms with E-state index in [0.29, 0.717) is 18.6 Å². The summed E-state index contributed by atoms with van der Waals surface area (Å²) in [6, 6.07) is 1.11. The Morgan fingerprint density at radius 3 is 2.69 bits per heavy atom. The zero-order chi connectivity index (χ0) is 11.5. The van der Waals surface area contributed by atoms with Crippen molar-refractivity contribution < 1.29 is 4.79 Å². The number of carbonyl (C=O) groups is 1. The number of amides is 1. The van der Waals surface area contributed by atoms with Crippen LogP contribution >= 0.6 is 0 Å². The maximum Gasteiger partial charge on any atom is 0.236 e. The van der Waals surface area contributed by atoms with Gasteiger partial charge in [0.1, 0.15) is 0 Å². The van der Waals surface area contributed by atoms with Gasteiger partial charge in [0, 0.05) is 19.1 Å².